The summed E-state index contributed by atoms with van der Waals surface area (Å²) in [7, 11) is 1.59. The molecule has 0 radical (unpaired) electrons. The van der Waals surface area contributed by atoms with Crippen LogP contribution in [0.2, 0.25) is 5.02 Å². The minimum atomic E-state index is -0.272. The van der Waals surface area contributed by atoms with Crippen LogP contribution >= 0.6 is 11.6 Å². The minimum absolute atomic E-state index is 0.272. The van der Waals surface area contributed by atoms with Crippen molar-refractivity contribution in [3.63, 3.8) is 0 Å². The topological polar surface area (TPSA) is 73.4 Å². The van der Waals surface area contributed by atoms with Gasteiger partial charge >= 0.3 is 0 Å². The fourth-order valence-electron chi connectivity index (χ4n) is 3.09. The van der Waals surface area contributed by atoms with E-state index in [2.05, 4.69) is 15.4 Å². The normalized spacial score (nSPS) is 11.0. The number of nitrogens with zero attached hydrogens (tertiary/aromatic N) is 4. The van der Waals surface area contributed by atoms with E-state index in [0.717, 1.165) is 11.4 Å². The summed E-state index contributed by atoms with van der Waals surface area (Å²) in [6.07, 6.45) is 5.59. The molecule has 8 heteroatoms. The van der Waals surface area contributed by atoms with Crippen molar-refractivity contribution < 1.29 is 9.53 Å². The Morgan fingerprint density at radius 2 is 2.07 bits per heavy atom. The molecule has 4 rings (SSSR count). The number of para-hydroxylation sites is 1. The number of amides is 1. The van der Waals surface area contributed by atoms with E-state index in [4.69, 9.17) is 16.3 Å². The van der Waals surface area contributed by atoms with E-state index in [0.29, 0.717) is 34.2 Å². The van der Waals surface area contributed by atoms with Crippen LogP contribution in [0.1, 0.15) is 23.1 Å². The zero-order valence-electron chi connectivity index (χ0n) is 15.4. The predicted octanol–water partition coefficient (Wildman–Crippen LogP) is 4.00. The van der Waals surface area contributed by atoms with Gasteiger partial charge in [-0.2, -0.15) is 5.10 Å². The van der Waals surface area contributed by atoms with Gasteiger partial charge < -0.3 is 10.1 Å². The van der Waals surface area contributed by atoms with Crippen LogP contribution in [0.3, 0.4) is 0 Å². The van der Waals surface area contributed by atoms with Crippen LogP contribution in [0.4, 0.5) is 5.69 Å². The fourth-order valence-corrected chi connectivity index (χ4v) is 3.31. The standard InChI is InChI=1S/C20H18ClN5O2/c1-3-16-15(11-23-26(16)17-7-5-4-6-14(17)21)24-20(27)18-12-22-19-10-13(28-2)8-9-25(18)19/h4-12H,3H2,1-2H3,(H,24,27). The van der Waals surface area contributed by atoms with Crippen LogP contribution in [0.5, 0.6) is 5.75 Å². The van der Waals surface area contributed by atoms with E-state index in [9.17, 15) is 4.79 Å². The van der Waals surface area contributed by atoms with E-state index in [-0.39, 0.29) is 5.91 Å². The van der Waals surface area contributed by atoms with E-state index in [1.54, 1.807) is 40.7 Å². The first-order valence-corrected chi connectivity index (χ1v) is 9.14. The third-order valence-electron chi connectivity index (χ3n) is 4.49. The summed E-state index contributed by atoms with van der Waals surface area (Å²) in [6.45, 7) is 2.00. The Kier molecular flexibility index (Phi) is 4.75. The van der Waals surface area contributed by atoms with Crippen molar-refractivity contribution in [3.8, 4) is 11.4 Å². The first kappa shape index (κ1) is 18.1. The Labute approximate surface area is 166 Å². The Bertz CT molecular complexity index is 1160. The third-order valence-corrected chi connectivity index (χ3v) is 4.81. The molecule has 0 spiro atoms. The summed E-state index contributed by atoms with van der Waals surface area (Å²) in [6, 6.07) is 11.0. The summed E-state index contributed by atoms with van der Waals surface area (Å²) in [5.74, 6) is 0.408. The number of rotatable bonds is 5. The highest BCUT2D eigenvalue weighted by molar-refractivity contribution is 6.32. The molecule has 0 bridgehead atoms. The number of benzene rings is 1. The Morgan fingerprint density at radius 1 is 1.25 bits per heavy atom. The summed E-state index contributed by atoms with van der Waals surface area (Å²) >= 11 is 6.30. The number of carbonyl (C=O) groups is 1. The van der Waals surface area contributed by atoms with Crippen LogP contribution in [0.25, 0.3) is 11.3 Å². The molecule has 0 aliphatic heterocycles. The lowest BCUT2D eigenvalue weighted by Gasteiger charge is -2.10. The van der Waals surface area contributed by atoms with Crippen LogP contribution in [0, 0.1) is 0 Å². The van der Waals surface area contributed by atoms with Gasteiger partial charge in [-0.15, -0.1) is 0 Å². The molecule has 0 saturated carbocycles. The molecule has 0 aliphatic rings. The number of nitrogens with one attached hydrogen (secondary N) is 1. The predicted molar refractivity (Wildman–Crippen MR) is 108 cm³/mol. The van der Waals surface area contributed by atoms with Crippen LogP contribution in [0.15, 0.2) is 55.0 Å². The Morgan fingerprint density at radius 3 is 2.82 bits per heavy atom. The number of anilines is 1. The number of hydrogen-bond donors (Lipinski definition) is 1. The number of imidazole rings is 1. The lowest BCUT2D eigenvalue weighted by Crippen LogP contribution is -2.15. The molecule has 7 nitrogen and oxygen atoms in total. The maximum atomic E-state index is 12.9. The van der Waals surface area contributed by atoms with E-state index < -0.39 is 0 Å². The van der Waals surface area contributed by atoms with Crippen molar-refractivity contribution in [2.45, 2.75) is 13.3 Å². The van der Waals surface area contributed by atoms with Gasteiger partial charge in [0, 0.05) is 12.3 Å². The van der Waals surface area contributed by atoms with Crippen LogP contribution in [-0.2, 0) is 6.42 Å². The first-order chi connectivity index (χ1) is 13.6. The molecule has 3 aromatic heterocycles. The van der Waals surface area contributed by atoms with Crippen molar-refractivity contribution >= 4 is 28.8 Å². The number of pyridine rings is 1. The number of hydrogen-bond acceptors (Lipinski definition) is 4. The maximum Gasteiger partial charge on any atom is 0.274 e. The van der Waals surface area contributed by atoms with Gasteiger partial charge in [0.05, 0.1) is 41.6 Å². The fraction of sp³-hybridized carbons (Fsp3) is 0.150. The Hall–Kier alpha value is -3.32. The van der Waals surface area contributed by atoms with Crippen molar-refractivity contribution in [1.29, 1.82) is 0 Å². The second-order valence-corrected chi connectivity index (χ2v) is 6.52. The van der Waals surface area contributed by atoms with Gasteiger partial charge in [-0.3, -0.25) is 9.20 Å². The first-order valence-electron chi connectivity index (χ1n) is 8.76. The molecule has 0 unspecified atom stereocenters. The molecule has 0 atom stereocenters. The van der Waals surface area contributed by atoms with Gasteiger partial charge in [0.1, 0.15) is 17.1 Å². The summed E-state index contributed by atoms with van der Waals surface area (Å²) in [4.78, 5) is 17.1. The van der Waals surface area contributed by atoms with Gasteiger partial charge in [-0.1, -0.05) is 30.7 Å². The largest absolute Gasteiger partial charge is 0.497 e. The highest BCUT2D eigenvalue weighted by Gasteiger charge is 2.18. The molecule has 28 heavy (non-hydrogen) atoms. The molecular formula is C20H18ClN5O2. The molecular weight excluding hydrogens is 378 g/mol. The lowest BCUT2D eigenvalue weighted by atomic mass is 10.2. The number of fused-ring (bicyclic) bond motifs is 1. The molecule has 142 valence electrons. The van der Waals surface area contributed by atoms with Crippen molar-refractivity contribution in [3.05, 3.63) is 71.4 Å². The SMILES string of the molecule is CCc1c(NC(=O)c2cnc3cc(OC)ccn23)cnn1-c1ccccc1Cl. The number of methoxy groups -OCH3 is 1. The second-order valence-electron chi connectivity index (χ2n) is 6.11. The van der Waals surface area contributed by atoms with Gasteiger partial charge in [-0.25, -0.2) is 9.67 Å². The van der Waals surface area contributed by atoms with E-state index in [1.807, 2.05) is 31.2 Å². The van der Waals surface area contributed by atoms with Crippen molar-refractivity contribution in [2.24, 2.45) is 0 Å². The zero-order valence-corrected chi connectivity index (χ0v) is 16.1. The van der Waals surface area contributed by atoms with Gasteiger partial charge in [0.25, 0.3) is 5.91 Å². The molecule has 0 fully saturated rings. The highest BCUT2D eigenvalue weighted by Crippen LogP contribution is 2.25. The number of ether oxygens (including phenoxy) is 1. The zero-order chi connectivity index (χ0) is 19.7. The number of carbonyl (C=O) groups excluding carboxylic acids is 1. The maximum absolute atomic E-state index is 12.9. The van der Waals surface area contributed by atoms with Crippen LogP contribution < -0.4 is 10.1 Å². The average molecular weight is 396 g/mol. The third kappa shape index (κ3) is 3.10. The van der Waals surface area contributed by atoms with Gasteiger partial charge in [-0.05, 0) is 24.6 Å². The summed E-state index contributed by atoms with van der Waals surface area (Å²) in [5.41, 5.74) is 3.31. The van der Waals surface area contributed by atoms with Crippen LogP contribution in [-0.4, -0.2) is 32.2 Å². The lowest BCUT2D eigenvalue weighted by molar-refractivity contribution is 0.102. The molecule has 0 aliphatic carbocycles. The quantitative estimate of drug-likeness (QED) is 0.554. The second kappa shape index (κ2) is 7.36. The molecule has 1 aromatic carbocycles. The van der Waals surface area contributed by atoms with Crippen molar-refractivity contribution in [1.82, 2.24) is 19.2 Å². The summed E-state index contributed by atoms with van der Waals surface area (Å²) in [5, 5.41) is 7.94. The highest BCUT2D eigenvalue weighted by atomic mass is 35.5. The number of halogens is 1. The molecule has 0 saturated heterocycles. The van der Waals surface area contributed by atoms with E-state index >= 15 is 0 Å². The van der Waals surface area contributed by atoms with Crippen molar-refractivity contribution in [2.75, 3.05) is 12.4 Å². The molecule has 1 N–H and O–H groups in total. The van der Waals surface area contributed by atoms with Gasteiger partial charge in [0.15, 0.2) is 0 Å². The smallest absolute Gasteiger partial charge is 0.274 e. The van der Waals surface area contributed by atoms with E-state index in [1.165, 1.54) is 6.20 Å². The molecule has 3 heterocycles. The summed E-state index contributed by atoms with van der Waals surface area (Å²) < 4.78 is 8.65. The average Bonchev–Trinajstić information content (AvgIpc) is 3.31. The molecule has 4 aromatic rings. The number of aromatic nitrogens is 4. The molecule has 1 amide bonds. The van der Waals surface area contributed by atoms with Gasteiger partial charge in [0.2, 0.25) is 0 Å². The monoisotopic (exact) mass is 395 g/mol. The minimum Gasteiger partial charge on any atom is -0.497 e. The Balaban J connectivity index is 1.66.